The minimum Gasteiger partial charge on any atom is -0.325 e. The Kier molecular flexibility index (Phi) is 8.62. The van der Waals surface area contributed by atoms with Gasteiger partial charge in [-0.15, -0.1) is 24.2 Å². The van der Waals surface area contributed by atoms with Crippen molar-refractivity contribution in [3.63, 3.8) is 0 Å². The first kappa shape index (κ1) is 22.2. The summed E-state index contributed by atoms with van der Waals surface area (Å²) in [5, 5.41) is 2.70. The number of carbonyl (C=O) groups is 1. The fourth-order valence-corrected chi connectivity index (χ4v) is 3.33. The number of benzene rings is 1. The van der Waals surface area contributed by atoms with E-state index in [4.69, 9.17) is 5.73 Å². The molecule has 1 unspecified atom stereocenters. The van der Waals surface area contributed by atoms with Crippen LogP contribution < -0.4 is 11.1 Å². The zero-order chi connectivity index (χ0) is 17.0. The molecule has 132 valence electrons. The van der Waals surface area contributed by atoms with E-state index in [0.29, 0.717) is 5.69 Å². The Morgan fingerprint density at radius 3 is 2.22 bits per heavy atom. The van der Waals surface area contributed by atoms with Gasteiger partial charge in [0.15, 0.2) is 0 Å². The molecule has 1 amide bonds. The molecule has 3 N–H and O–H groups in total. The highest BCUT2D eigenvalue weighted by molar-refractivity contribution is 8.00. The van der Waals surface area contributed by atoms with Crippen LogP contribution in [0.15, 0.2) is 29.2 Å². The van der Waals surface area contributed by atoms with Crippen molar-refractivity contribution in [2.24, 2.45) is 5.73 Å². The highest BCUT2D eigenvalue weighted by Crippen LogP contribution is 2.32. The van der Waals surface area contributed by atoms with Crippen molar-refractivity contribution >= 4 is 45.6 Å². The van der Waals surface area contributed by atoms with Crippen LogP contribution in [-0.2, 0) is 14.6 Å². The molecule has 0 saturated carbocycles. The lowest BCUT2D eigenvalue weighted by Gasteiger charge is -2.18. The number of hydrogen-bond donors (Lipinski definition) is 2. The van der Waals surface area contributed by atoms with E-state index in [1.165, 1.54) is 0 Å². The van der Waals surface area contributed by atoms with Crippen molar-refractivity contribution in [1.29, 1.82) is 0 Å². The molecule has 0 aliphatic carbocycles. The molecule has 1 aromatic rings. The minimum atomic E-state index is -3.11. The van der Waals surface area contributed by atoms with E-state index >= 15 is 0 Å². The van der Waals surface area contributed by atoms with Gasteiger partial charge < -0.3 is 11.1 Å². The highest BCUT2D eigenvalue weighted by atomic mass is 35.5. The van der Waals surface area contributed by atoms with Crippen LogP contribution in [0, 0.1) is 0 Å². The molecular formula is C15H25ClN2O3S2. The van der Waals surface area contributed by atoms with Crippen molar-refractivity contribution in [2.75, 3.05) is 17.3 Å². The molecule has 5 nitrogen and oxygen atoms in total. The van der Waals surface area contributed by atoms with Crippen LogP contribution in [0.4, 0.5) is 5.69 Å². The number of nitrogens with two attached hydrogens (primary N) is 1. The Balaban J connectivity index is 0.00000484. The summed E-state index contributed by atoms with van der Waals surface area (Å²) in [6.07, 6.45) is 1.24. The third-order valence-corrected chi connectivity index (χ3v) is 4.78. The van der Waals surface area contributed by atoms with Gasteiger partial charge in [0.2, 0.25) is 5.91 Å². The summed E-state index contributed by atoms with van der Waals surface area (Å²) in [5.74, 6) is -0.470. The molecular weight excluding hydrogens is 356 g/mol. The Labute approximate surface area is 149 Å². The molecule has 1 aromatic carbocycles. The van der Waals surface area contributed by atoms with E-state index in [1.807, 2.05) is 24.3 Å². The topological polar surface area (TPSA) is 89.3 Å². The SMILES string of the molecule is CC(C)(C)Sc1ccc(NC(=O)C(N)CCS(C)(=O)=O)cc1.Cl. The molecule has 0 saturated heterocycles. The third-order valence-electron chi connectivity index (χ3n) is 2.68. The van der Waals surface area contributed by atoms with Gasteiger partial charge in [-0.25, -0.2) is 8.42 Å². The largest absolute Gasteiger partial charge is 0.325 e. The number of sulfone groups is 1. The molecule has 0 fully saturated rings. The quantitative estimate of drug-likeness (QED) is 0.740. The maximum Gasteiger partial charge on any atom is 0.241 e. The second-order valence-electron chi connectivity index (χ2n) is 6.25. The average Bonchev–Trinajstić information content (AvgIpc) is 2.35. The van der Waals surface area contributed by atoms with Gasteiger partial charge in [-0.2, -0.15) is 0 Å². The number of thioether (sulfide) groups is 1. The molecule has 0 radical (unpaired) electrons. The van der Waals surface area contributed by atoms with Gasteiger partial charge in [-0.3, -0.25) is 4.79 Å². The summed E-state index contributed by atoms with van der Waals surface area (Å²) in [7, 11) is -3.11. The fraction of sp³-hybridized carbons (Fsp3) is 0.533. The molecule has 23 heavy (non-hydrogen) atoms. The Morgan fingerprint density at radius 2 is 1.78 bits per heavy atom. The number of anilines is 1. The zero-order valence-electron chi connectivity index (χ0n) is 13.8. The number of halogens is 1. The maximum atomic E-state index is 11.9. The standard InChI is InChI=1S/C15H24N2O3S2.ClH/c1-15(2,3)21-12-7-5-11(6-8-12)17-14(18)13(16)9-10-22(4,19)20;/h5-8,13H,9-10,16H2,1-4H3,(H,17,18);1H. The molecule has 1 atom stereocenters. The van der Waals surface area contributed by atoms with Crippen LogP contribution in [0.5, 0.6) is 0 Å². The van der Waals surface area contributed by atoms with Crippen molar-refractivity contribution in [2.45, 2.75) is 42.9 Å². The number of hydrogen-bond acceptors (Lipinski definition) is 5. The molecule has 8 heteroatoms. The van der Waals surface area contributed by atoms with Crippen LogP contribution in [0.2, 0.25) is 0 Å². The lowest BCUT2D eigenvalue weighted by Crippen LogP contribution is -2.37. The van der Waals surface area contributed by atoms with E-state index in [2.05, 4.69) is 26.1 Å². The van der Waals surface area contributed by atoms with Gasteiger partial charge in [-0.05, 0) is 30.7 Å². The third kappa shape index (κ3) is 9.86. The van der Waals surface area contributed by atoms with Gasteiger partial charge in [0.1, 0.15) is 9.84 Å². The highest BCUT2D eigenvalue weighted by Gasteiger charge is 2.16. The van der Waals surface area contributed by atoms with E-state index in [0.717, 1.165) is 11.2 Å². The molecule has 0 spiro atoms. The number of carbonyl (C=O) groups excluding carboxylic acids is 1. The summed E-state index contributed by atoms with van der Waals surface area (Å²) < 4.78 is 22.3. The first-order valence-corrected chi connectivity index (χ1v) is 9.87. The number of nitrogens with one attached hydrogen (secondary N) is 1. The van der Waals surface area contributed by atoms with Crippen LogP contribution in [0.25, 0.3) is 0 Å². The van der Waals surface area contributed by atoms with E-state index in [-0.39, 0.29) is 35.2 Å². The first-order valence-electron chi connectivity index (χ1n) is 6.99. The lowest BCUT2D eigenvalue weighted by atomic mass is 10.2. The fourth-order valence-electron chi connectivity index (χ4n) is 1.67. The van der Waals surface area contributed by atoms with E-state index in [9.17, 15) is 13.2 Å². The Morgan fingerprint density at radius 1 is 1.26 bits per heavy atom. The van der Waals surface area contributed by atoms with E-state index < -0.39 is 15.9 Å². The molecule has 0 aromatic heterocycles. The predicted octanol–water partition coefficient (Wildman–Crippen LogP) is 2.70. The van der Waals surface area contributed by atoms with Crippen molar-refractivity contribution in [1.82, 2.24) is 0 Å². The summed E-state index contributed by atoms with van der Waals surface area (Å²) in [6, 6.07) is 6.67. The first-order chi connectivity index (χ1) is 9.96. The van der Waals surface area contributed by atoms with Crippen LogP contribution in [0.1, 0.15) is 27.2 Å². The summed E-state index contributed by atoms with van der Waals surface area (Å²) in [6.45, 7) is 6.40. The summed E-state index contributed by atoms with van der Waals surface area (Å²) in [4.78, 5) is 13.0. The van der Waals surface area contributed by atoms with Gasteiger partial charge in [-0.1, -0.05) is 20.8 Å². The minimum absolute atomic E-state index is 0. The number of amides is 1. The van der Waals surface area contributed by atoms with Crippen molar-refractivity contribution in [3.05, 3.63) is 24.3 Å². The molecule has 0 aliphatic heterocycles. The lowest BCUT2D eigenvalue weighted by molar-refractivity contribution is -0.117. The van der Waals surface area contributed by atoms with Gasteiger partial charge in [0.25, 0.3) is 0 Å². The molecule has 0 bridgehead atoms. The van der Waals surface area contributed by atoms with E-state index in [1.54, 1.807) is 11.8 Å². The van der Waals surface area contributed by atoms with Crippen LogP contribution >= 0.6 is 24.2 Å². The van der Waals surface area contributed by atoms with Gasteiger partial charge in [0, 0.05) is 21.6 Å². The second kappa shape index (κ2) is 8.92. The van der Waals surface area contributed by atoms with Crippen LogP contribution in [-0.4, -0.2) is 37.1 Å². The van der Waals surface area contributed by atoms with Gasteiger partial charge in [0.05, 0.1) is 11.8 Å². The number of rotatable bonds is 6. The normalized spacial score (nSPS) is 13.1. The monoisotopic (exact) mass is 380 g/mol. The second-order valence-corrected chi connectivity index (χ2v) is 10.4. The Bertz CT molecular complexity index is 611. The Hall–Kier alpha value is -0.760. The average molecular weight is 381 g/mol. The van der Waals surface area contributed by atoms with Gasteiger partial charge >= 0.3 is 0 Å². The predicted molar refractivity (Wildman–Crippen MR) is 100 cm³/mol. The smallest absolute Gasteiger partial charge is 0.241 e. The summed E-state index contributed by atoms with van der Waals surface area (Å²) in [5.41, 5.74) is 6.36. The van der Waals surface area contributed by atoms with Crippen LogP contribution in [0.3, 0.4) is 0 Å². The molecule has 0 heterocycles. The molecule has 0 aliphatic rings. The zero-order valence-corrected chi connectivity index (χ0v) is 16.3. The van der Waals surface area contributed by atoms with Crippen molar-refractivity contribution in [3.8, 4) is 0 Å². The molecule has 1 rings (SSSR count). The van der Waals surface area contributed by atoms with Crippen molar-refractivity contribution < 1.29 is 13.2 Å². The summed E-state index contributed by atoms with van der Waals surface area (Å²) >= 11 is 1.74. The maximum absolute atomic E-state index is 11.9.